The van der Waals surface area contributed by atoms with E-state index < -0.39 is 0 Å². The Bertz CT molecular complexity index is 316. The summed E-state index contributed by atoms with van der Waals surface area (Å²) in [6.45, 7) is 1.96. The van der Waals surface area contributed by atoms with E-state index in [1.54, 1.807) is 6.08 Å². The molecule has 0 amide bonds. The Morgan fingerprint density at radius 2 is 2.17 bits per heavy atom. The van der Waals surface area contributed by atoms with Crippen molar-refractivity contribution in [1.82, 2.24) is 0 Å². The molecular formula is C10H11NO. The van der Waals surface area contributed by atoms with Crippen molar-refractivity contribution in [2.24, 2.45) is 0 Å². The average Bonchev–Trinajstić information content (AvgIpc) is 2.03. The number of hydrogen-bond acceptors (Lipinski definition) is 2. The van der Waals surface area contributed by atoms with Crippen molar-refractivity contribution in [2.45, 2.75) is 6.92 Å². The molecule has 1 rings (SSSR count). The minimum absolute atomic E-state index is 0.746. The molecule has 1 aromatic rings. The molecule has 2 heteroatoms. The van der Waals surface area contributed by atoms with E-state index in [0.29, 0.717) is 0 Å². The maximum atomic E-state index is 10.0. The normalized spacial score (nSPS) is 10.4. The number of allylic oxidation sites excluding steroid dienone is 1. The quantitative estimate of drug-likeness (QED) is 0.408. The lowest BCUT2D eigenvalue weighted by Gasteiger charge is -2.00. The molecule has 2 N–H and O–H groups in total. The first-order valence-electron chi connectivity index (χ1n) is 3.72. The van der Waals surface area contributed by atoms with E-state index in [-0.39, 0.29) is 0 Å². The Balaban J connectivity index is 3.01. The number of hydrogen-bond donors (Lipinski definition) is 1. The van der Waals surface area contributed by atoms with Crippen molar-refractivity contribution < 1.29 is 4.79 Å². The number of aldehydes is 1. The molecule has 0 aliphatic rings. The van der Waals surface area contributed by atoms with Crippen LogP contribution in [0.1, 0.15) is 11.1 Å². The Labute approximate surface area is 71.7 Å². The number of anilines is 1. The molecule has 0 spiro atoms. The van der Waals surface area contributed by atoms with Gasteiger partial charge < -0.3 is 5.73 Å². The predicted octanol–water partition coefficient (Wildman–Crippen LogP) is 1.79. The summed E-state index contributed by atoms with van der Waals surface area (Å²) in [7, 11) is 0. The average molecular weight is 161 g/mol. The van der Waals surface area contributed by atoms with Crippen LogP contribution in [0.25, 0.3) is 6.08 Å². The van der Waals surface area contributed by atoms with Gasteiger partial charge in [-0.1, -0.05) is 12.1 Å². The van der Waals surface area contributed by atoms with Crippen LogP contribution in [0, 0.1) is 6.92 Å². The summed E-state index contributed by atoms with van der Waals surface area (Å²) in [6.07, 6.45) is 4.00. The summed E-state index contributed by atoms with van der Waals surface area (Å²) in [5.41, 5.74) is 8.41. The van der Waals surface area contributed by atoms with E-state index in [0.717, 1.165) is 23.1 Å². The van der Waals surface area contributed by atoms with Crippen LogP contribution in [-0.4, -0.2) is 6.29 Å². The third-order valence-corrected chi connectivity index (χ3v) is 1.65. The van der Waals surface area contributed by atoms with E-state index >= 15 is 0 Å². The van der Waals surface area contributed by atoms with Gasteiger partial charge in [0.05, 0.1) is 0 Å². The van der Waals surface area contributed by atoms with Crippen molar-refractivity contribution in [3.8, 4) is 0 Å². The highest BCUT2D eigenvalue weighted by Crippen LogP contribution is 2.13. The van der Waals surface area contributed by atoms with E-state index in [2.05, 4.69) is 0 Å². The van der Waals surface area contributed by atoms with Gasteiger partial charge >= 0.3 is 0 Å². The van der Waals surface area contributed by atoms with Crippen LogP contribution in [-0.2, 0) is 4.79 Å². The fraction of sp³-hybridized carbons (Fsp3) is 0.100. The van der Waals surface area contributed by atoms with Crippen molar-refractivity contribution in [2.75, 3.05) is 5.73 Å². The molecule has 0 bridgehead atoms. The molecule has 0 heterocycles. The summed E-state index contributed by atoms with van der Waals surface area (Å²) < 4.78 is 0. The summed E-state index contributed by atoms with van der Waals surface area (Å²) in [4.78, 5) is 10.0. The molecule has 12 heavy (non-hydrogen) atoms. The molecule has 0 aliphatic heterocycles. The highest BCUT2D eigenvalue weighted by Gasteiger charge is 1.92. The van der Waals surface area contributed by atoms with Gasteiger partial charge in [-0.05, 0) is 36.3 Å². The molecule has 0 radical (unpaired) electrons. The smallest absolute Gasteiger partial charge is 0.142 e. The van der Waals surface area contributed by atoms with Gasteiger partial charge in [0, 0.05) is 5.69 Å². The zero-order valence-corrected chi connectivity index (χ0v) is 6.95. The summed E-state index contributed by atoms with van der Waals surface area (Å²) in [6, 6.07) is 5.59. The zero-order chi connectivity index (χ0) is 8.97. The number of carbonyl (C=O) groups is 1. The molecular weight excluding hydrogens is 150 g/mol. The number of nitrogens with two attached hydrogens (primary N) is 1. The van der Waals surface area contributed by atoms with Crippen LogP contribution in [0.3, 0.4) is 0 Å². The molecule has 0 fully saturated rings. The molecule has 0 atom stereocenters. The van der Waals surface area contributed by atoms with Crippen molar-refractivity contribution >= 4 is 18.0 Å². The van der Waals surface area contributed by atoms with Gasteiger partial charge in [-0.3, -0.25) is 4.79 Å². The van der Waals surface area contributed by atoms with Crippen LogP contribution < -0.4 is 5.73 Å². The van der Waals surface area contributed by atoms with Gasteiger partial charge in [-0.2, -0.15) is 0 Å². The Kier molecular flexibility index (Phi) is 2.64. The van der Waals surface area contributed by atoms with E-state index in [9.17, 15) is 4.79 Å². The first-order chi connectivity index (χ1) is 5.74. The predicted molar refractivity (Wildman–Crippen MR) is 50.7 cm³/mol. The summed E-state index contributed by atoms with van der Waals surface area (Å²) in [5.74, 6) is 0. The lowest BCUT2D eigenvalue weighted by Crippen LogP contribution is -1.87. The maximum Gasteiger partial charge on any atom is 0.142 e. The fourth-order valence-corrected chi connectivity index (χ4v) is 1.03. The lowest BCUT2D eigenvalue weighted by molar-refractivity contribution is -0.104. The first-order valence-corrected chi connectivity index (χ1v) is 3.72. The van der Waals surface area contributed by atoms with Crippen molar-refractivity contribution in [1.29, 1.82) is 0 Å². The molecule has 2 nitrogen and oxygen atoms in total. The Morgan fingerprint density at radius 3 is 2.75 bits per heavy atom. The highest BCUT2D eigenvalue weighted by molar-refractivity contribution is 5.74. The van der Waals surface area contributed by atoms with Gasteiger partial charge in [0.15, 0.2) is 0 Å². The molecule has 0 aromatic heterocycles. The van der Waals surface area contributed by atoms with E-state index in [1.165, 1.54) is 6.08 Å². The van der Waals surface area contributed by atoms with Gasteiger partial charge in [0.2, 0.25) is 0 Å². The second kappa shape index (κ2) is 3.72. The molecule has 0 saturated heterocycles. The van der Waals surface area contributed by atoms with Crippen LogP contribution in [0.2, 0.25) is 0 Å². The van der Waals surface area contributed by atoms with Crippen molar-refractivity contribution in [3.63, 3.8) is 0 Å². The molecule has 0 aliphatic carbocycles. The molecule has 1 aromatic carbocycles. The second-order valence-electron chi connectivity index (χ2n) is 2.61. The topological polar surface area (TPSA) is 43.1 Å². The SMILES string of the molecule is Cc1cc(N)ccc1/C=C/C=O. The number of nitrogen functional groups attached to an aromatic ring is 1. The summed E-state index contributed by atoms with van der Waals surface area (Å²) >= 11 is 0. The monoisotopic (exact) mass is 161 g/mol. The lowest BCUT2D eigenvalue weighted by atomic mass is 10.1. The fourth-order valence-electron chi connectivity index (χ4n) is 1.03. The molecule has 62 valence electrons. The standard InChI is InChI=1S/C10H11NO/c1-8-7-10(11)5-4-9(8)3-2-6-12/h2-7H,11H2,1H3/b3-2+. The van der Waals surface area contributed by atoms with Gasteiger partial charge in [0.1, 0.15) is 6.29 Å². The van der Waals surface area contributed by atoms with Gasteiger partial charge in [-0.25, -0.2) is 0 Å². The van der Waals surface area contributed by atoms with Crippen molar-refractivity contribution in [3.05, 3.63) is 35.4 Å². The third kappa shape index (κ3) is 1.95. The maximum absolute atomic E-state index is 10.0. The number of rotatable bonds is 2. The largest absolute Gasteiger partial charge is 0.399 e. The molecule has 0 saturated carbocycles. The van der Waals surface area contributed by atoms with Crippen LogP contribution in [0.4, 0.5) is 5.69 Å². The minimum Gasteiger partial charge on any atom is -0.399 e. The van der Waals surface area contributed by atoms with Crippen LogP contribution >= 0.6 is 0 Å². The Morgan fingerprint density at radius 1 is 1.42 bits per heavy atom. The number of carbonyl (C=O) groups excluding carboxylic acids is 1. The minimum atomic E-state index is 0.746. The zero-order valence-electron chi connectivity index (χ0n) is 6.95. The van der Waals surface area contributed by atoms with Crippen LogP contribution in [0.15, 0.2) is 24.3 Å². The van der Waals surface area contributed by atoms with Gasteiger partial charge in [-0.15, -0.1) is 0 Å². The first kappa shape index (κ1) is 8.53. The van der Waals surface area contributed by atoms with Crippen LogP contribution in [0.5, 0.6) is 0 Å². The molecule has 0 unspecified atom stereocenters. The number of aryl methyl sites for hydroxylation is 1. The highest BCUT2D eigenvalue weighted by atomic mass is 16.1. The third-order valence-electron chi connectivity index (χ3n) is 1.65. The van der Waals surface area contributed by atoms with E-state index in [4.69, 9.17) is 5.73 Å². The van der Waals surface area contributed by atoms with E-state index in [1.807, 2.05) is 25.1 Å². The Hall–Kier alpha value is -1.57. The van der Waals surface area contributed by atoms with Gasteiger partial charge in [0.25, 0.3) is 0 Å². The number of benzene rings is 1. The second-order valence-corrected chi connectivity index (χ2v) is 2.61. The summed E-state index contributed by atoms with van der Waals surface area (Å²) in [5, 5.41) is 0.